The van der Waals surface area contributed by atoms with Gasteiger partial charge in [0.2, 0.25) is 0 Å². The lowest BCUT2D eigenvalue weighted by Crippen LogP contribution is -2.31. The molecule has 0 radical (unpaired) electrons. The van der Waals surface area contributed by atoms with Crippen LogP contribution in [0, 0.1) is 0 Å². The third kappa shape index (κ3) is 3.53. The highest BCUT2D eigenvalue weighted by Gasteiger charge is 2.21. The van der Waals surface area contributed by atoms with E-state index in [1.165, 1.54) is 0 Å². The molecule has 24 heavy (non-hydrogen) atoms. The van der Waals surface area contributed by atoms with E-state index in [1.54, 1.807) is 23.1 Å². The molecule has 1 aliphatic rings. The minimum absolute atomic E-state index is 0.0350. The number of para-hydroxylation sites is 2. The van der Waals surface area contributed by atoms with E-state index >= 15 is 0 Å². The summed E-state index contributed by atoms with van der Waals surface area (Å²) >= 11 is 9.27. The topological polar surface area (TPSA) is 31.4 Å². The van der Waals surface area contributed by atoms with Gasteiger partial charge in [-0.1, -0.05) is 47.6 Å². The number of nitrogens with zero attached hydrogens (tertiary/aromatic N) is 1. The van der Waals surface area contributed by atoms with Crippen molar-refractivity contribution in [3.8, 4) is 22.8 Å². The van der Waals surface area contributed by atoms with E-state index in [9.17, 15) is 0 Å². The fourth-order valence-corrected chi connectivity index (χ4v) is 4.34. The highest BCUT2D eigenvalue weighted by molar-refractivity contribution is 8.01. The smallest absolute Gasteiger partial charge is 0.161 e. The Morgan fingerprint density at radius 2 is 1.92 bits per heavy atom. The zero-order valence-electron chi connectivity index (χ0n) is 12.6. The van der Waals surface area contributed by atoms with Gasteiger partial charge in [0, 0.05) is 21.7 Å². The monoisotopic (exact) mass is 375 g/mol. The van der Waals surface area contributed by atoms with E-state index < -0.39 is 0 Å². The zero-order chi connectivity index (χ0) is 16.4. The van der Waals surface area contributed by atoms with Crippen LogP contribution in [0.5, 0.6) is 11.5 Å². The molecule has 0 amide bonds. The molecule has 1 atom stereocenters. The number of fused-ring (bicyclic) bond motifs is 1. The molecular formula is C18H14ClNO2S2. The molecule has 3 aromatic rings. The van der Waals surface area contributed by atoms with Gasteiger partial charge in [-0.25, -0.2) is 4.98 Å². The standard InChI is InChI=1S/C18H14ClNO2S2/c19-13-7-5-12(6-8-13)15-11-24-18(20-15)23-10-14-9-21-16-3-1-2-4-17(16)22-14/h1-8,11,14H,9-10H2. The minimum Gasteiger partial charge on any atom is -0.486 e. The predicted octanol–water partition coefficient (Wildman–Crippen LogP) is 5.40. The molecule has 0 saturated heterocycles. The summed E-state index contributed by atoms with van der Waals surface area (Å²) in [6.45, 7) is 0.569. The van der Waals surface area contributed by atoms with Crippen LogP contribution in [-0.4, -0.2) is 23.4 Å². The van der Waals surface area contributed by atoms with Crippen molar-refractivity contribution in [2.75, 3.05) is 12.4 Å². The van der Waals surface area contributed by atoms with Crippen molar-refractivity contribution in [2.24, 2.45) is 0 Å². The van der Waals surface area contributed by atoms with Crippen LogP contribution < -0.4 is 9.47 Å². The summed E-state index contributed by atoms with van der Waals surface area (Å²) < 4.78 is 12.7. The Bertz CT molecular complexity index is 835. The number of thiazole rings is 1. The lowest BCUT2D eigenvalue weighted by atomic mass is 10.2. The summed E-state index contributed by atoms with van der Waals surface area (Å²) in [4.78, 5) is 4.68. The van der Waals surface area contributed by atoms with Gasteiger partial charge in [0.25, 0.3) is 0 Å². The summed E-state index contributed by atoms with van der Waals surface area (Å²) in [5.41, 5.74) is 2.05. The lowest BCUT2D eigenvalue weighted by Gasteiger charge is -2.25. The molecule has 122 valence electrons. The first-order valence-electron chi connectivity index (χ1n) is 7.51. The molecule has 3 nitrogen and oxygen atoms in total. The van der Waals surface area contributed by atoms with Crippen LogP contribution in [0.2, 0.25) is 5.02 Å². The zero-order valence-corrected chi connectivity index (χ0v) is 15.0. The van der Waals surface area contributed by atoms with E-state index in [0.717, 1.165) is 37.9 Å². The Labute approximate surface area is 153 Å². The molecule has 0 bridgehead atoms. The SMILES string of the molecule is Clc1ccc(-c2csc(SCC3COc4ccccc4O3)n2)cc1. The van der Waals surface area contributed by atoms with Crippen molar-refractivity contribution in [2.45, 2.75) is 10.4 Å². The summed E-state index contributed by atoms with van der Waals surface area (Å²) in [7, 11) is 0. The van der Waals surface area contributed by atoms with Crippen LogP contribution >= 0.6 is 34.7 Å². The van der Waals surface area contributed by atoms with Crippen LogP contribution in [0.3, 0.4) is 0 Å². The molecule has 0 saturated carbocycles. The van der Waals surface area contributed by atoms with Crippen molar-refractivity contribution >= 4 is 34.7 Å². The van der Waals surface area contributed by atoms with Gasteiger partial charge in [0.15, 0.2) is 15.8 Å². The summed E-state index contributed by atoms with van der Waals surface area (Å²) in [6.07, 6.45) is 0.0350. The van der Waals surface area contributed by atoms with Crippen LogP contribution in [0.1, 0.15) is 0 Å². The fourth-order valence-electron chi connectivity index (χ4n) is 2.39. The van der Waals surface area contributed by atoms with Crippen molar-refractivity contribution in [3.63, 3.8) is 0 Å². The normalized spacial score (nSPS) is 16.1. The maximum Gasteiger partial charge on any atom is 0.161 e. The molecule has 1 unspecified atom stereocenters. The van der Waals surface area contributed by atoms with Gasteiger partial charge in [-0.2, -0.15) is 0 Å². The molecule has 2 aromatic carbocycles. The van der Waals surface area contributed by atoms with Crippen LogP contribution in [0.15, 0.2) is 58.3 Å². The molecule has 6 heteroatoms. The highest BCUT2D eigenvalue weighted by atomic mass is 35.5. The van der Waals surface area contributed by atoms with Crippen molar-refractivity contribution < 1.29 is 9.47 Å². The first kappa shape index (κ1) is 15.8. The third-order valence-electron chi connectivity index (χ3n) is 3.58. The molecule has 0 N–H and O–H groups in total. The number of ether oxygens (including phenoxy) is 2. The summed E-state index contributed by atoms with van der Waals surface area (Å²) in [5, 5.41) is 2.80. The number of hydrogen-bond acceptors (Lipinski definition) is 5. The van der Waals surface area contributed by atoms with Gasteiger partial charge in [0.1, 0.15) is 12.7 Å². The van der Waals surface area contributed by atoms with Crippen molar-refractivity contribution in [3.05, 3.63) is 58.9 Å². The molecule has 1 aromatic heterocycles. The summed E-state index contributed by atoms with van der Waals surface area (Å²) in [5.74, 6) is 2.44. The van der Waals surface area contributed by atoms with E-state index in [-0.39, 0.29) is 6.10 Å². The Kier molecular flexibility index (Phi) is 4.65. The quantitative estimate of drug-likeness (QED) is 0.571. The van der Waals surface area contributed by atoms with Gasteiger partial charge in [-0.05, 0) is 24.3 Å². The summed E-state index contributed by atoms with van der Waals surface area (Å²) in [6, 6.07) is 15.5. The van der Waals surface area contributed by atoms with Gasteiger partial charge in [-0.3, -0.25) is 0 Å². The number of benzene rings is 2. The van der Waals surface area contributed by atoms with Gasteiger partial charge in [-0.15, -0.1) is 11.3 Å². The number of thioether (sulfide) groups is 1. The molecule has 0 fully saturated rings. The van der Waals surface area contributed by atoms with Crippen molar-refractivity contribution in [1.82, 2.24) is 4.98 Å². The fraction of sp³-hybridized carbons (Fsp3) is 0.167. The number of rotatable bonds is 4. The van der Waals surface area contributed by atoms with Gasteiger partial charge >= 0.3 is 0 Å². The molecular weight excluding hydrogens is 362 g/mol. The van der Waals surface area contributed by atoms with E-state index in [2.05, 4.69) is 10.4 Å². The predicted molar refractivity (Wildman–Crippen MR) is 99.6 cm³/mol. The Hall–Kier alpha value is -1.69. The third-order valence-corrected chi connectivity index (χ3v) is 5.99. The molecule has 2 heterocycles. The second-order valence-corrected chi connectivity index (χ2v) is 7.88. The highest BCUT2D eigenvalue weighted by Crippen LogP contribution is 2.34. The molecule has 1 aliphatic heterocycles. The number of halogens is 1. The maximum absolute atomic E-state index is 5.97. The first-order valence-corrected chi connectivity index (χ1v) is 9.75. The second-order valence-electron chi connectivity index (χ2n) is 5.31. The molecule has 0 spiro atoms. The number of aromatic nitrogens is 1. The largest absolute Gasteiger partial charge is 0.486 e. The first-order chi connectivity index (χ1) is 11.8. The average Bonchev–Trinajstić information content (AvgIpc) is 3.09. The average molecular weight is 376 g/mol. The Balaban J connectivity index is 1.38. The lowest BCUT2D eigenvalue weighted by molar-refractivity contribution is 0.107. The second kappa shape index (κ2) is 7.05. The van der Waals surface area contributed by atoms with E-state index in [1.807, 2.05) is 48.5 Å². The van der Waals surface area contributed by atoms with E-state index in [0.29, 0.717) is 6.61 Å². The molecule has 0 aliphatic carbocycles. The van der Waals surface area contributed by atoms with E-state index in [4.69, 9.17) is 21.1 Å². The number of hydrogen-bond donors (Lipinski definition) is 0. The minimum atomic E-state index is 0.0350. The Morgan fingerprint density at radius 1 is 1.12 bits per heavy atom. The van der Waals surface area contributed by atoms with Crippen LogP contribution in [0.4, 0.5) is 0 Å². The van der Waals surface area contributed by atoms with Crippen LogP contribution in [-0.2, 0) is 0 Å². The molecule has 4 rings (SSSR count). The van der Waals surface area contributed by atoms with Crippen molar-refractivity contribution in [1.29, 1.82) is 0 Å². The van der Waals surface area contributed by atoms with Gasteiger partial charge in [0.05, 0.1) is 5.69 Å². The van der Waals surface area contributed by atoms with Crippen LogP contribution in [0.25, 0.3) is 11.3 Å². The van der Waals surface area contributed by atoms with Gasteiger partial charge < -0.3 is 9.47 Å². The maximum atomic E-state index is 5.97. The Morgan fingerprint density at radius 3 is 2.75 bits per heavy atom.